The van der Waals surface area contributed by atoms with E-state index in [0.29, 0.717) is 20.8 Å². The van der Waals surface area contributed by atoms with Crippen LogP contribution in [0, 0.1) is 12.8 Å². The fourth-order valence-electron chi connectivity index (χ4n) is 4.09. The Labute approximate surface area is 169 Å². The van der Waals surface area contributed by atoms with E-state index < -0.39 is 23.7 Å². The molecule has 2 aromatic heterocycles. The van der Waals surface area contributed by atoms with Gasteiger partial charge in [0.05, 0.1) is 17.7 Å². The van der Waals surface area contributed by atoms with Gasteiger partial charge in [0.15, 0.2) is 4.80 Å². The molecule has 0 N–H and O–H groups in total. The number of aryl methyl sites for hydroxylation is 1. The van der Waals surface area contributed by atoms with E-state index in [1.54, 1.807) is 17.6 Å². The van der Waals surface area contributed by atoms with Gasteiger partial charge in [-0.1, -0.05) is 29.5 Å². The smallest absolute Gasteiger partial charge is 0.317 e. The minimum Gasteiger partial charge on any atom is -0.469 e. The van der Waals surface area contributed by atoms with E-state index in [4.69, 9.17) is 13.9 Å². The van der Waals surface area contributed by atoms with Gasteiger partial charge in [0.25, 0.3) is 5.56 Å². The predicted octanol–water partition coefficient (Wildman–Crippen LogP) is 1.76. The molecule has 0 fully saturated rings. The summed E-state index contributed by atoms with van der Waals surface area (Å²) in [7, 11) is 1.33. The molecule has 8 heteroatoms. The number of nitrogens with zero attached hydrogens (tertiary/aromatic N) is 2. The molecule has 0 spiro atoms. The van der Waals surface area contributed by atoms with Crippen LogP contribution in [0.2, 0.25) is 0 Å². The lowest BCUT2D eigenvalue weighted by Gasteiger charge is -2.44. The van der Waals surface area contributed by atoms with Crippen molar-refractivity contribution >= 4 is 23.4 Å². The van der Waals surface area contributed by atoms with Crippen molar-refractivity contribution in [2.75, 3.05) is 7.11 Å². The quantitative estimate of drug-likeness (QED) is 0.601. The largest absolute Gasteiger partial charge is 0.469 e. The summed E-state index contributed by atoms with van der Waals surface area (Å²) in [4.78, 5) is 31.3. The Morgan fingerprint density at radius 2 is 2.10 bits per heavy atom. The molecule has 5 rings (SSSR count). The van der Waals surface area contributed by atoms with Crippen LogP contribution >= 0.6 is 11.3 Å². The minimum atomic E-state index is -1.16. The van der Waals surface area contributed by atoms with Crippen molar-refractivity contribution in [3.05, 3.63) is 73.2 Å². The molecule has 3 aromatic rings. The zero-order valence-electron chi connectivity index (χ0n) is 16.0. The number of carbonyl (C=O) groups excluding carboxylic acids is 1. The number of thiazole rings is 1. The number of carbonyl (C=O) groups is 1. The van der Waals surface area contributed by atoms with Crippen molar-refractivity contribution in [1.29, 1.82) is 0 Å². The number of aromatic nitrogens is 1. The topological polar surface area (TPSA) is 83.0 Å². The van der Waals surface area contributed by atoms with Crippen LogP contribution < -0.4 is 19.6 Å². The van der Waals surface area contributed by atoms with Gasteiger partial charge in [0, 0.05) is 11.6 Å². The average Bonchev–Trinajstić information content (AvgIpc) is 3.23. The third-order valence-corrected chi connectivity index (χ3v) is 6.35. The van der Waals surface area contributed by atoms with Gasteiger partial charge in [0.1, 0.15) is 23.2 Å². The highest BCUT2D eigenvalue weighted by Gasteiger charge is 2.55. The number of fused-ring (bicyclic) bond motifs is 6. The van der Waals surface area contributed by atoms with Gasteiger partial charge in [0.2, 0.25) is 5.72 Å². The maximum Gasteiger partial charge on any atom is 0.317 e. The van der Waals surface area contributed by atoms with Crippen LogP contribution in [0.25, 0.3) is 6.08 Å². The van der Waals surface area contributed by atoms with Crippen LogP contribution in [0.1, 0.15) is 30.0 Å². The summed E-state index contributed by atoms with van der Waals surface area (Å²) >= 11 is 1.25. The Morgan fingerprint density at radius 1 is 1.31 bits per heavy atom. The van der Waals surface area contributed by atoms with Gasteiger partial charge in [-0.2, -0.15) is 0 Å². The van der Waals surface area contributed by atoms with E-state index in [1.807, 2.05) is 43.3 Å². The van der Waals surface area contributed by atoms with Crippen molar-refractivity contribution in [2.24, 2.45) is 10.9 Å². The molecular formula is C21H18N2O5S. The summed E-state index contributed by atoms with van der Waals surface area (Å²) < 4.78 is 18.9. The molecule has 3 atom stereocenters. The number of benzene rings is 1. The van der Waals surface area contributed by atoms with Crippen molar-refractivity contribution < 1.29 is 18.7 Å². The van der Waals surface area contributed by atoms with E-state index in [0.717, 1.165) is 11.3 Å². The summed E-state index contributed by atoms with van der Waals surface area (Å²) in [5.74, 6) is 0.723. The average molecular weight is 410 g/mol. The lowest BCUT2D eigenvalue weighted by Crippen LogP contribution is -2.58. The second-order valence-corrected chi connectivity index (χ2v) is 8.28. The number of ether oxygens (including phenoxy) is 2. The number of furan rings is 1. The van der Waals surface area contributed by atoms with Gasteiger partial charge in [-0.05, 0) is 32.0 Å². The van der Waals surface area contributed by atoms with E-state index in [9.17, 15) is 9.59 Å². The molecule has 0 aliphatic carbocycles. The lowest BCUT2D eigenvalue weighted by molar-refractivity contribution is -0.158. The number of hydrogen-bond donors (Lipinski definition) is 0. The molecule has 0 unspecified atom stereocenters. The first-order valence-electron chi connectivity index (χ1n) is 9.16. The van der Waals surface area contributed by atoms with Crippen molar-refractivity contribution in [1.82, 2.24) is 4.57 Å². The zero-order valence-corrected chi connectivity index (χ0v) is 16.9. The first-order chi connectivity index (χ1) is 13.9. The van der Waals surface area contributed by atoms with Crippen molar-refractivity contribution in [2.45, 2.75) is 25.6 Å². The predicted molar refractivity (Wildman–Crippen MR) is 105 cm³/mol. The van der Waals surface area contributed by atoms with Gasteiger partial charge in [-0.15, -0.1) is 0 Å². The Morgan fingerprint density at radius 3 is 2.83 bits per heavy atom. The van der Waals surface area contributed by atoms with E-state index in [1.165, 1.54) is 18.4 Å². The van der Waals surface area contributed by atoms with Crippen LogP contribution in [0.4, 0.5) is 0 Å². The molecule has 7 nitrogen and oxygen atoms in total. The van der Waals surface area contributed by atoms with E-state index >= 15 is 0 Å². The first-order valence-corrected chi connectivity index (χ1v) is 9.98. The third-order valence-electron chi connectivity index (χ3n) is 5.37. The molecule has 2 aliphatic heterocycles. The molecule has 4 heterocycles. The normalized spacial score (nSPS) is 24.9. The molecule has 0 saturated carbocycles. The molecule has 1 aromatic carbocycles. The molecule has 148 valence electrons. The number of rotatable bonds is 2. The van der Waals surface area contributed by atoms with Crippen LogP contribution in [-0.4, -0.2) is 23.4 Å². The van der Waals surface area contributed by atoms with Crippen LogP contribution in [0.15, 0.2) is 50.6 Å². The molecule has 0 radical (unpaired) electrons. The van der Waals surface area contributed by atoms with Crippen molar-refractivity contribution in [3.63, 3.8) is 0 Å². The van der Waals surface area contributed by atoms with Crippen LogP contribution in [0.5, 0.6) is 5.75 Å². The van der Waals surface area contributed by atoms with Crippen molar-refractivity contribution in [3.8, 4) is 5.75 Å². The Hall–Kier alpha value is -3.13. The molecular weight excluding hydrogens is 392 g/mol. The van der Waals surface area contributed by atoms with Gasteiger partial charge < -0.3 is 13.9 Å². The summed E-state index contributed by atoms with van der Waals surface area (Å²) in [5, 5.41) is 0. The summed E-state index contributed by atoms with van der Waals surface area (Å²) in [6.45, 7) is 3.60. The summed E-state index contributed by atoms with van der Waals surface area (Å²) in [5.41, 5.74) is -0.626. The SMILES string of the molecule is COC(=O)[C@H]1[C@@H]2c3ccccc3O[C@]1(C)N=c1s/c(=C\c3ccc(C)o3)c(=O)n12. The fraction of sp³-hybridized carbons (Fsp3) is 0.286. The number of methoxy groups -OCH3 is 1. The monoisotopic (exact) mass is 410 g/mol. The molecule has 2 bridgehead atoms. The molecule has 29 heavy (non-hydrogen) atoms. The first kappa shape index (κ1) is 17.9. The van der Waals surface area contributed by atoms with Crippen LogP contribution in [0.3, 0.4) is 0 Å². The third kappa shape index (κ3) is 2.59. The Balaban J connectivity index is 1.81. The number of esters is 1. The van der Waals surface area contributed by atoms with E-state index in [-0.39, 0.29) is 5.56 Å². The Kier molecular flexibility index (Phi) is 3.82. The number of para-hydroxylation sites is 1. The maximum atomic E-state index is 13.3. The highest BCUT2D eigenvalue weighted by Crippen LogP contribution is 2.47. The molecule has 2 aliphatic rings. The van der Waals surface area contributed by atoms with Gasteiger partial charge >= 0.3 is 5.97 Å². The van der Waals surface area contributed by atoms with Gasteiger partial charge in [-0.3, -0.25) is 14.2 Å². The second-order valence-electron chi connectivity index (χ2n) is 7.27. The second kappa shape index (κ2) is 6.18. The number of hydrogen-bond acceptors (Lipinski definition) is 7. The lowest BCUT2D eigenvalue weighted by atomic mass is 9.81. The highest BCUT2D eigenvalue weighted by atomic mass is 32.1. The zero-order chi connectivity index (χ0) is 20.3. The van der Waals surface area contributed by atoms with Crippen LogP contribution in [-0.2, 0) is 9.53 Å². The summed E-state index contributed by atoms with van der Waals surface area (Å²) in [6, 6.07) is 10.5. The molecule has 0 saturated heterocycles. The van der Waals surface area contributed by atoms with Gasteiger partial charge in [-0.25, -0.2) is 4.99 Å². The minimum absolute atomic E-state index is 0.222. The fourth-order valence-corrected chi connectivity index (χ4v) is 5.17. The standard InChI is InChI=1S/C21H18N2O5S/c1-11-8-9-12(27-11)10-15-18(24)23-17-13-6-4-5-7-14(13)28-21(2,22-20(23)29-15)16(17)19(25)26-3/h4-10,16-17H,1-3H3/b15-10-/t16-,17+,21+/m1/s1. The molecule has 0 amide bonds. The maximum absolute atomic E-state index is 13.3. The van der Waals surface area contributed by atoms with E-state index in [2.05, 4.69) is 4.99 Å². The Bertz CT molecular complexity index is 1320. The summed E-state index contributed by atoms with van der Waals surface area (Å²) in [6.07, 6.45) is 1.70. The highest BCUT2D eigenvalue weighted by molar-refractivity contribution is 7.07.